The van der Waals surface area contributed by atoms with Crippen LogP contribution in [0.1, 0.15) is 57.9 Å². The summed E-state index contributed by atoms with van der Waals surface area (Å²) in [4.78, 5) is 51.0. The number of phenolic OH excluding ortho intramolecular Hbond substituents is 1. The standard InChI is InChI=1S/C26H41N5O6/c1-16(2)14-21(30-23(33)19-7-5-13-28-19)24(34)31-22(15-17-8-10-18(32)11-9-17)25(35)29-20(26(36)37)6-3-4-12-27/h8-11,16,19-22,28,32H,3-7,12-15,27H2,1-2H3,(H,29,35)(H,30,33)(H,31,34)(H,36,37). The highest BCUT2D eigenvalue weighted by atomic mass is 16.4. The molecule has 4 atom stereocenters. The summed E-state index contributed by atoms with van der Waals surface area (Å²) in [5.74, 6) is -2.45. The van der Waals surface area contributed by atoms with E-state index in [4.69, 9.17) is 5.73 Å². The van der Waals surface area contributed by atoms with Crippen molar-refractivity contribution in [2.75, 3.05) is 13.1 Å². The van der Waals surface area contributed by atoms with Gasteiger partial charge in [0.2, 0.25) is 17.7 Å². The number of rotatable bonds is 15. The van der Waals surface area contributed by atoms with Crippen molar-refractivity contribution in [3.8, 4) is 5.75 Å². The Hall–Kier alpha value is -3.18. The lowest BCUT2D eigenvalue weighted by atomic mass is 10.00. The van der Waals surface area contributed by atoms with Gasteiger partial charge in [0.25, 0.3) is 0 Å². The van der Waals surface area contributed by atoms with Crippen molar-refractivity contribution in [2.24, 2.45) is 11.7 Å². The Bertz CT molecular complexity index is 901. The number of phenols is 1. The normalized spacial score (nSPS) is 17.6. The molecule has 37 heavy (non-hydrogen) atoms. The molecular weight excluding hydrogens is 478 g/mol. The summed E-state index contributed by atoms with van der Waals surface area (Å²) in [6.07, 6.45) is 3.37. The first-order valence-corrected chi connectivity index (χ1v) is 13.0. The quantitative estimate of drug-likeness (QED) is 0.162. The second kappa shape index (κ2) is 15.2. The summed E-state index contributed by atoms with van der Waals surface area (Å²) >= 11 is 0. The van der Waals surface area contributed by atoms with E-state index < -0.39 is 35.9 Å². The van der Waals surface area contributed by atoms with Gasteiger partial charge in [-0.25, -0.2) is 4.79 Å². The number of nitrogens with one attached hydrogen (secondary N) is 4. The van der Waals surface area contributed by atoms with E-state index in [1.54, 1.807) is 12.1 Å². The summed E-state index contributed by atoms with van der Waals surface area (Å²) in [6, 6.07) is 2.74. The van der Waals surface area contributed by atoms with Gasteiger partial charge in [-0.2, -0.15) is 0 Å². The average molecular weight is 520 g/mol. The maximum atomic E-state index is 13.3. The Morgan fingerprint density at radius 1 is 1.00 bits per heavy atom. The van der Waals surface area contributed by atoms with Gasteiger partial charge in [0.1, 0.15) is 23.9 Å². The summed E-state index contributed by atoms with van der Waals surface area (Å²) in [6.45, 7) is 5.02. The van der Waals surface area contributed by atoms with Gasteiger partial charge in [0.05, 0.1) is 6.04 Å². The lowest BCUT2D eigenvalue weighted by Crippen LogP contribution is -2.57. The van der Waals surface area contributed by atoms with Crippen LogP contribution >= 0.6 is 0 Å². The molecule has 0 bridgehead atoms. The average Bonchev–Trinajstić information content (AvgIpc) is 3.38. The zero-order chi connectivity index (χ0) is 27.4. The van der Waals surface area contributed by atoms with Crippen LogP contribution in [0.25, 0.3) is 0 Å². The molecule has 1 fully saturated rings. The number of hydrogen-bond acceptors (Lipinski definition) is 7. The summed E-state index contributed by atoms with van der Waals surface area (Å²) in [5.41, 5.74) is 6.15. The fourth-order valence-electron chi connectivity index (χ4n) is 4.26. The van der Waals surface area contributed by atoms with Crippen LogP contribution in [0.3, 0.4) is 0 Å². The first-order valence-electron chi connectivity index (χ1n) is 13.0. The molecule has 0 spiro atoms. The molecule has 11 heteroatoms. The zero-order valence-electron chi connectivity index (χ0n) is 21.7. The van der Waals surface area contributed by atoms with Gasteiger partial charge in [0, 0.05) is 6.42 Å². The van der Waals surface area contributed by atoms with Crippen molar-refractivity contribution in [3.63, 3.8) is 0 Å². The lowest BCUT2D eigenvalue weighted by molar-refractivity contribution is -0.142. The van der Waals surface area contributed by atoms with Crippen LogP contribution in [0.2, 0.25) is 0 Å². The number of aromatic hydroxyl groups is 1. The molecule has 4 unspecified atom stereocenters. The van der Waals surface area contributed by atoms with E-state index in [1.807, 2.05) is 13.8 Å². The predicted molar refractivity (Wildman–Crippen MR) is 139 cm³/mol. The van der Waals surface area contributed by atoms with E-state index in [0.29, 0.717) is 37.8 Å². The molecule has 1 aromatic rings. The number of carboxylic acid groups (broad SMARTS) is 1. The van der Waals surface area contributed by atoms with Gasteiger partial charge < -0.3 is 37.2 Å². The summed E-state index contributed by atoms with van der Waals surface area (Å²) < 4.78 is 0. The van der Waals surface area contributed by atoms with Crippen molar-refractivity contribution in [2.45, 2.75) is 83.0 Å². The highest BCUT2D eigenvalue weighted by Crippen LogP contribution is 2.13. The van der Waals surface area contributed by atoms with Gasteiger partial charge in [-0.05, 0) is 75.2 Å². The van der Waals surface area contributed by atoms with Crippen LogP contribution < -0.4 is 27.0 Å². The third kappa shape index (κ3) is 10.4. The van der Waals surface area contributed by atoms with Crippen molar-refractivity contribution in [3.05, 3.63) is 29.8 Å². The Morgan fingerprint density at radius 2 is 1.65 bits per heavy atom. The molecule has 1 aliphatic rings. The molecule has 1 heterocycles. The highest BCUT2D eigenvalue weighted by Gasteiger charge is 2.32. The molecule has 1 saturated heterocycles. The van der Waals surface area contributed by atoms with Gasteiger partial charge >= 0.3 is 5.97 Å². The Labute approximate surface area is 217 Å². The van der Waals surface area contributed by atoms with E-state index in [0.717, 1.165) is 13.0 Å². The minimum absolute atomic E-state index is 0.0554. The molecular formula is C26H41N5O6. The van der Waals surface area contributed by atoms with Crippen LogP contribution in [0.5, 0.6) is 5.75 Å². The van der Waals surface area contributed by atoms with Crippen molar-refractivity contribution < 1.29 is 29.4 Å². The Morgan fingerprint density at radius 3 is 2.22 bits per heavy atom. The summed E-state index contributed by atoms with van der Waals surface area (Å²) in [7, 11) is 0. The molecule has 0 saturated carbocycles. The smallest absolute Gasteiger partial charge is 0.326 e. The molecule has 8 N–H and O–H groups in total. The molecule has 3 amide bonds. The third-order valence-electron chi connectivity index (χ3n) is 6.29. The van der Waals surface area contributed by atoms with Crippen LogP contribution in [0, 0.1) is 5.92 Å². The number of carbonyl (C=O) groups is 4. The molecule has 2 rings (SSSR count). The topological polar surface area (TPSA) is 183 Å². The lowest BCUT2D eigenvalue weighted by Gasteiger charge is -2.26. The number of hydrogen-bond donors (Lipinski definition) is 7. The first-order chi connectivity index (χ1) is 17.6. The van der Waals surface area contributed by atoms with E-state index in [1.165, 1.54) is 12.1 Å². The van der Waals surface area contributed by atoms with Crippen molar-refractivity contribution in [1.29, 1.82) is 0 Å². The fraction of sp³-hybridized carbons (Fsp3) is 0.615. The Balaban J connectivity index is 2.19. The van der Waals surface area contributed by atoms with E-state index in [-0.39, 0.29) is 36.5 Å². The largest absolute Gasteiger partial charge is 0.508 e. The van der Waals surface area contributed by atoms with Gasteiger partial charge in [0.15, 0.2) is 0 Å². The summed E-state index contributed by atoms with van der Waals surface area (Å²) in [5, 5.41) is 30.4. The highest BCUT2D eigenvalue weighted by molar-refractivity contribution is 5.94. The predicted octanol–water partition coefficient (Wildman–Crippen LogP) is 0.401. The molecule has 1 aliphatic heterocycles. The second-order valence-corrected chi connectivity index (χ2v) is 9.96. The maximum Gasteiger partial charge on any atom is 0.326 e. The van der Waals surface area contributed by atoms with Gasteiger partial charge in [-0.3, -0.25) is 14.4 Å². The van der Waals surface area contributed by atoms with E-state index in [9.17, 15) is 29.4 Å². The SMILES string of the molecule is CC(C)CC(NC(=O)C1CCCN1)C(=O)NC(Cc1ccc(O)cc1)C(=O)NC(CCCCN)C(=O)O. The molecule has 11 nitrogen and oxygen atoms in total. The number of unbranched alkanes of at least 4 members (excludes halogenated alkanes) is 1. The minimum atomic E-state index is -1.17. The number of benzene rings is 1. The van der Waals surface area contributed by atoms with Gasteiger partial charge in [-0.1, -0.05) is 26.0 Å². The molecule has 206 valence electrons. The minimum Gasteiger partial charge on any atom is -0.508 e. The van der Waals surface area contributed by atoms with Crippen molar-refractivity contribution in [1.82, 2.24) is 21.3 Å². The number of aliphatic carboxylic acids is 1. The van der Waals surface area contributed by atoms with E-state index >= 15 is 0 Å². The third-order valence-corrected chi connectivity index (χ3v) is 6.29. The number of carboxylic acids is 1. The second-order valence-electron chi connectivity index (χ2n) is 9.96. The van der Waals surface area contributed by atoms with Gasteiger partial charge in [-0.15, -0.1) is 0 Å². The molecule has 0 aromatic heterocycles. The first kappa shape index (κ1) is 30.0. The number of amides is 3. The van der Waals surface area contributed by atoms with E-state index in [2.05, 4.69) is 21.3 Å². The van der Waals surface area contributed by atoms with Crippen LogP contribution in [-0.2, 0) is 25.6 Å². The maximum absolute atomic E-state index is 13.3. The van der Waals surface area contributed by atoms with Crippen LogP contribution in [0.4, 0.5) is 0 Å². The number of carbonyl (C=O) groups excluding carboxylic acids is 3. The van der Waals surface area contributed by atoms with Crippen molar-refractivity contribution >= 4 is 23.7 Å². The molecule has 0 radical (unpaired) electrons. The van der Waals surface area contributed by atoms with Crippen LogP contribution in [-0.4, -0.2) is 71.2 Å². The molecule has 0 aliphatic carbocycles. The number of nitrogens with two attached hydrogens (primary N) is 1. The Kier molecular flexibility index (Phi) is 12.3. The molecule has 1 aromatic carbocycles. The fourth-order valence-corrected chi connectivity index (χ4v) is 4.26. The zero-order valence-corrected chi connectivity index (χ0v) is 21.7. The monoisotopic (exact) mass is 519 g/mol. The van der Waals surface area contributed by atoms with Crippen LogP contribution in [0.15, 0.2) is 24.3 Å².